The highest BCUT2D eigenvalue weighted by Gasteiger charge is 2.29. The van der Waals surface area contributed by atoms with Gasteiger partial charge < -0.3 is 19.7 Å². The zero-order valence-corrected chi connectivity index (χ0v) is 14.0. The number of alkyl halides is 1. The number of anilines is 1. The van der Waals surface area contributed by atoms with Gasteiger partial charge in [-0.25, -0.2) is 18.2 Å². The van der Waals surface area contributed by atoms with Crippen molar-refractivity contribution in [2.24, 2.45) is 5.73 Å². The average Bonchev–Trinajstić information content (AvgIpc) is 3.15. The number of hydrogen-bond donors (Lipinski definition) is 1. The van der Waals surface area contributed by atoms with Gasteiger partial charge in [-0.05, 0) is 6.42 Å². The fourth-order valence-electron chi connectivity index (χ4n) is 3.19. The van der Waals surface area contributed by atoms with Gasteiger partial charge in [0.25, 0.3) is 0 Å². The first-order valence-corrected chi connectivity index (χ1v) is 8.21. The third-order valence-electron chi connectivity index (χ3n) is 4.49. The Labute approximate surface area is 146 Å². The first-order chi connectivity index (χ1) is 12.4. The third kappa shape index (κ3) is 2.90. The van der Waals surface area contributed by atoms with Gasteiger partial charge in [0.05, 0.1) is 23.6 Å². The van der Waals surface area contributed by atoms with Gasteiger partial charge >= 0.3 is 0 Å². The van der Waals surface area contributed by atoms with Crippen LogP contribution in [0.2, 0.25) is 0 Å². The van der Waals surface area contributed by atoms with Crippen LogP contribution >= 0.6 is 0 Å². The van der Waals surface area contributed by atoms with Gasteiger partial charge in [-0.3, -0.25) is 0 Å². The Balaban J connectivity index is 1.81. The number of aryl methyl sites for hydroxylation is 1. The number of hydrogen-bond acceptors (Lipinski definition) is 6. The predicted octanol–water partition coefficient (Wildman–Crippen LogP) is 1.93. The molecule has 1 aliphatic heterocycles. The number of nitrogens with zero attached hydrogens (tertiary/aromatic N) is 5. The van der Waals surface area contributed by atoms with E-state index in [1.54, 1.807) is 11.5 Å². The molecule has 26 heavy (non-hydrogen) atoms. The lowest BCUT2D eigenvalue weighted by molar-refractivity contribution is 0.243. The van der Waals surface area contributed by atoms with E-state index in [4.69, 9.17) is 10.3 Å². The second-order valence-electron chi connectivity index (χ2n) is 6.40. The maximum atomic E-state index is 13.8. The van der Waals surface area contributed by atoms with Crippen LogP contribution in [0.25, 0.3) is 11.0 Å². The van der Waals surface area contributed by atoms with Crippen molar-refractivity contribution in [3.8, 4) is 0 Å². The van der Waals surface area contributed by atoms with Crippen LogP contribution in [0.3, 0.4) is 0 Å². The van der Waals surface area contributed by atoms with Gasteiger partial charge in [-0.1, -0.05) is 5.16 Å². The Morgan fingerprint density at radius 2 is 2.04 bits per heavy atom. The lowest BCUT2D eigenvalue weighted by atomic mass is 10.1. The summed E-state index contributed by atoms with van der Waals surface area (Å²) < 4.78 is 47.8. The van der Waals surface area contributed by atoms with E-state index in [0.717, 1.165) is 12.1 Å². The van der Waals surface area contributed by atoms with Crippen LogP contribution in [0, 0.1) is 18.6 Å². The summed E-state index contributed by atoms with van der Waals surface area (Å²) >= 11 is 0. The van der Waals surface area contributed by atoms with Gasteiger partial charge in [0.15, 0.2) is 17.5 Å². The Bertz CT molecular complexity index is 955. The number of aromatic nitrogens is 4. The van der Waals surface area contributed by atoms with Crippen molar-refractivity contribution in [3.05, 3.63) is 35.5 Å². The van der Waals surface area contributed by atoms with Crippen molar-refractivity contribution in [1.29, 1.82) is 0 Å². The molecule has 2 N–H and O–H groups in total. The molecule has 1 fully saturated rings. The van der Waals surface area contributed by atoms with Crippen LogP contribution < -0.4 is 10.6 Å². The van der Waals surface area contributed by atoms with Gasteiger partial charge in [0, 0.05) is 32.1 Å². The number of piperidine rings is 1. The molecule has 0 radical (unpaired) electrons. The van der Waals surface area contributed by atoms with E-state index in [9.17, 15) is 13.2 Å². The summed E-state index contributed by atoms with van der Waals surface area (Å²) in [5, 5.41) is 3.84. The Hall–Kier alpha value is -2.62. The molecule has 0 spiro atoms. The van der Waals surface area contributed by atoms with Crippen LogP contribution in [-0.2, 0) is 6.54 Å². The zero-order valence-electron chi connectivity index (χ0n) is 14.0. The number of fused-ring (bicyclic) bond motifs is 1. The van der Waals surface area contributed by atoms with Crippen molar-refractivity contribution in [1.82, 2.24) is 19.7 Å². The Morgan fingerprint density at radius 3 is 2.73 bits per heavy atom. The van der Waals surface area contributed by atoms with E-state index in [0.29, 0.717) is 29.7 Å². The van der Waals surface area contributed by atoms with E-state index in [2.05, 4.69) is 15.1 Å². The molecule has 7 nitrogen and oxygen atoms in total. The molecule has 0 saturated carbocycles. The number of nitrogens with two attached hydrogens (primary N) is 1. The van der Waals surface area contributed by atoms with Gasteiger partial charge in [0.2, 0.25) is 11.8 Å². The van der Waals surface area contributed by atoms with E-state index in [1.165, 1.54) is 0 Å². The minimum absolute atomic E-state index is 0.152. The molecule has 10 heteroatoms. The first-order valence-electron chi connectivity index (χ1n) is 8.21. The largest absolute Gasteiger partial charge is 0.340 e. The van der Waals surface area contributed by atoms with Crippen molar-refractivity contribution >= 4 is 17.0 Å². The molecule has 0 bridgehead atoms. The molecule has 0 aliphatic carbocycles. The molecule has 138 valence electrons. The second kappa shape index (κ2) is 6.27. The lowest BCUT2D eigenvalue weighted by Crippen LogP contribution is -2.50. The maximum Gasteiger partial charge on any atom is 0.223 e. The molecular formula is C16H17F3N6O. The van der Waals surface area contributed by atoms with Crippen LogP contribution in [0.1, 0.15) is 18.1 Å². The van der Waals surface area contributed by atoms with Gasteiger partial charge in [-0.2, -0.15) is 4.98 Å². The van der Waals surface area contributed by atoms with E-state index >= 15 is 0 Å². The maximum absolute atomic E-state index is 13.8. The molecule has 2 unspecified atom stereocenters. The van der Waals surface area contributed by atoms with E-state index < -0.39 is 23.8 Å². The van der Waals surface area contributed by atoms with Crippen LogP contribution in [0.5, 0.6) is 0 Å². The topological polar surface area (TPSA) is 86.0 Å². The standard InChI is InChI=1S/C16H17F3N6O/c1-8-21-15(23-26-8)7-25-14-5-11(19)10(18)4-13(14)22-16(25)24-3-2-9(17)12(20)6-24/h4-5,9,12H,2-3,6-7,20H2,1H3. The molecule has 3 aromatic rings. The highest BCUT2D eigenvalue weighted by molar-refractivity contribution is 5.79. The molecule has 3 heterocycles. The quantitative estimate of drug-likeness (QED) is 0.762. The van der Waals surface area contributed by atoms with Gasteiger partial charge in [0.1, 0.15) is 6.17 Å². The summed E-state index contributed by atoms with van der Waals surface area (Å²) in [4.78, 5) is 10.4. The fraction of sp³-hybridized carbons (Fsp3) is 0.438. The van der Waals surface area contributed by atoms with E-state index in [1.807, 2.05) is 4.90 Å². The lowest BCUT2D eigenvalue weighted by Gasteiger charge is -2.33. The van der Waals surface area contributed by atoms with Crippen molar-refractivity contribution in [3.63, 3.8) is 0 Å². The SMILES string of the molecule is Cc1nc(Cn2c(N3CCC(F)C(N)C3)nc3cc(F)c(F)cc32)no1. The predicted molar refractivity (Wildman–Crippen MR) is 87.5 cm³/mol. The zero-order chi connectivity index (χ0) is 18.4. The summed E-state index contributed by atoms with van der Waals surface area (Å²) in [6.07, 6.45) is -0.826. The molecule has 0 amide bonds. The average molecular weight is 366 g/mol. The van der Waals surface area contributed by atoms with Crippen LogP contribution in [-0.4, -0.2) is 45.0 Å². The first kappa shape index (κ1) is 16.8. The molecule has 1 aromatic carbocycles. The molecule has 2 atom stereocenters. The smallest absolute Gasteiger partial charge is 0.223 e. The number of halogens is 3. The second-order valence-corrected chi connectivity index (χ2v) is 6.40. The van der Waals surface area contributed by atoms with Crippen molar-refractivity contribution in [2.75, 3.05) is 18.0 Å². The van der Waals surface area contributed by atoms with Crippen LogP contribution in [0.4, 0.5) is 19.1 Å². The highest BCUT2D eigenvalue weighted by Crippen LogP contribution is 2.28. The summed E-state index contributed by atoms with van der Waals surface area (Å²) in [5.74, 6) is -0.757. The molecule has 2 aromatic heterocycles. The Kier molecular flexibility index (Phi) is 4.06. The third-order valence-corrected chi connectivity index (χ3v) is 4.49. The fourth-order valence-corrected chi connectivity index (χ4v) is 3.19. The van der Waals surface area contributed by atoms with Crippen LogP contribution in [0.15, 0.2) is 16.7 Å². The number of rotatable bonds is 3. The highest BCUT2D eigenvalue weighted by atomic mass is 19.2. The monoisotopic (exact) mass is 366 g/mol. The van der Waals surface area contributed by atoms with Crippen molar-refractivity contribution < 1.29 is 17.7 Å². The molecule has 4 rings (SSSR count). The van der Waals surface area contributed by atoms with Crippen molar-refractivity contribution in [2.45, 2.75) is 32.1 Å². The molecular weight excluding hydrogens is 349 g/mol. The van der Waals surface area contributed by atoms with Gasteiger partial charge in [-0.15, -0.1) is 0 Å². The summed E-state index contributed by atoms with van der Waals surface area (Å²) in [5.41, 5.74) is 6.51. The van der Waals surface area contributed by atoms with E-state index in [-0.39, 0.29) is 25.0 Å². The Morgan fingerprint density at radius 1 is 1.27 bits per heavy atom. The summed E-state index contributed by atoms with van der Waals surface area (Å²) in [6.45, 7) is 2.46. The normalized spacial score (nSPS) is 20.9. The summed E-state index contributed by atoms with van der Waals surface area (Å²) in [7, 11) is 0. The minimum Gasteiger partial charge on any atom is -0.340 e. The summed E-state index contributed by atoms with van der Waals surface area (Å²) in [6, 6.07) is 1.46. The number of benzene rings is 1. The molecule has 1 aliphatic rings. The molecule has 1 saturated heterocycles. The minimum atomic E-state index is -1.08. The number of imidazole rings is 1.